The van der Waals surface area contributed by atoms with Crippen LogP contribution in [0.4, 0.5) is 4.39 Å². The number of halogens is 2. The Hall–Kier alpha value is -1.24. The lowest BCUT2D eigenvalue weighted by Gasteiger charge is -2.08. The van der Waals surface area contributed by atoms with Gasteiger partial charge in [0.15, 0.2) is 0 Å². The Bertz CT molecular complexity index is 704. The molecule has 0 aliphatic heterocycles. The molecule has 0 spiro atoms. The molecule has 0 unspecified atom stereocenters. The third-order valence-corrected chi connectivity index (χ3v) is 4.76. The second-order valence-electron chi connectivity index (χ2n) is 4.24. The fourth-order valence-electron chi connectivity index (χ4n) is 1.72. The van der Waals surface area contributed by atoms with Crippen molar-refractivity contribution < 1.29 is 12.8 Å². The van der Waals surface area contributed by atoms with Crippen molar-refractivity contribution in [2.75, 3.05) is 0 Å². The van der Waals surface area contributed by atoms with E-state index in [0.717, 1.165) is 17.2 Å². The molecule has 106 valence electrons. The summed E-state index contributed by atoms with van der Waals surface area (Å²) in [7, 11) is -3.70. The average molecular weight is 358 g/mol. The Morgan fingerprint density at radius 2 is 1.75 bits per heavy atom. The lowest BCUT2D eigenvalue weighted by Crippen LogP contribution is -2.23. The lowest BCUT2D eigenvalue weighted by molar-refractivity contribution is 0.577. The van der Waals surface area contributed by atoms with E-state index < -0.39 is 15.8 Å². The van der Waals surface area contributed by atoms with Crippen molar-refractivity contribution in [3.63, 3.8) is 0 Å². The van der Waals surface area contributed by atoms with Gasteiger partial charge >= 0.3 is 0 Å². The van der Waals surface area contributed by atoms with E-state index in [0.29, 0.717) is 5.33 Å². The normalized spacial score (nSPS) is 11.5. The number of alkyl halides is 1. The monoisotopic (exact) mass is 357 g/mol. The van der Waals surface area contributed by atoms with E-state index in [9.17, 15) is 12.8 Å². The fourth-order valence-corrected chi connectivity index (χ4v) is 3.12. The van der Waals surface area contributed by atoms with Crippen molar-refractivity contribution in [1.82, 2.24) is 4.72 Å². The maximum absolute atomic E-state index is 13.1. The predicted octanol–water partition coefficient (Wildman–Crippen LogP) is 3.20. The molecule has 2 aromatic rings. The van der Waals surface area contributed by atoms with Crippen molar-refractivity contribution in [1.29, 1.82) is 0 Å². The van der Waals surface area contributed by atoms with E-state index in [1.54, 1.807) is 0 Å². The van der Waals surface area contributed by atoms with Crippen LogP contribution in [-0.2, 0) is 21.9 Å². The standard InChI is InChI=1S/C14H13BrFNO2S/c15-9-11-3-1-4-12(7-11)10-17-20(18,19)14-6-2-5-13(16)8-14/h1-8,17H,9-10H2. The Labute approximate surface area is 126 Å². The topological polar surface area (TPSA) is 46.2 Å². The molecule has 0 fully saturated rings. The number of nitrogens with one attached hydrogen (secondary N) is 1. The van der Waals surface area contributed by atoms with Crippen LogP contribution in [-0.4, -0.2) is 8.42 Å². The Kier molecular flexibility index (Phi) is 4.91. The van der Waals surface area contributed by atoms with Crippen LogP contribution >= 0.6 is 15.9 Å². The van der Waals surface area contributed by atoms with E-state index in [4.69, 9.17) is 0 Å². The molecule has 0 amide bonds. The first-order valence-electron chi connectivity index (χ1n) is 5.90. The Balaban J connectivity index is 2.13. The number of hydrogen-bond acceptors (Lipinski definition) is 2. The molecule has 0 atom stereocenters. The SMILES string of the molecule is O=S(=O)(NCc1cccc(CBr)c1)c1cccc(F)c1. The summed E-state index contributed by atoms with van der Waals surface area (Å²) < 4.78 is 39.6. The van der Waals surface area contributed by atoms with Gasteiger partial charge in [0.2, 0.25) is 10.0 Å². The molecule has 0 saturated carbocycles. The Morgan fingerprint density at radius 1 is 1.05 bits per heavy atom. The van der Waals surface area contributed by atoms with Crippen LogP contribution < -0.4 is 4.72 Å². The van der Waals surface area contributed by atoms with Crippen LogP contribution in [0.1, 0.15) is 11.1 Å². The minimum atomic E-state index is -3.70. The first-order valence-corrected chi connectivity index (χ1v) is 8.51. The minimum Gasteiger partial charge on any atom is -0.207 e. The minimum absolute atomic E-state index is 0.0749. The molecule has 0 aliphatic carbocycles. The maximum Gasteiger partial charge on any atom is 0.240 e. The molecule has 2 rings (SSSR count). The Morgan fingerprint density at radius 3 is 2.45 bits per heavy atom. The predicted molar refractivity (Wildman–Crippen MR) is 79.5 cm³/mol. The van der Waals surface area contributed by atoms with Crippen molar-refractivity contribution in [2.24, 2.45) is 0 Å². The summed E-state index contributed by atoms with van der Waals surface area (Å²) in [4.78, 5) is -0.0749. The van der Waals surface area contributed by atoms with Crippen molar-refractivity contribution in [3.05, 3.63) is 65.5 Å². The molecule has 0 bridgehead atoms. The highest BCUT2D eigenvalue weighted by atomic mass is 79.9. The van der Waals surface area contributed by atoms with Crippen LogP contribution in [0.25, 0.3) is 0 Å². The number of benzene rings is 2. The summed E-state index contributed by atoms with van der Waals surface area (Å²) in [6.07, 6.45) is 0. The summed E-state index contributed by atoms with van der Waals surface area (Å²) >= 11 is 3.35. The summed E-state index contributed by atoms with van der Waals surface area (Å²) in [5.74, 6) is -0.575. The molecule has 0 aliphatic rings. The number of hydrogen-bond donors (Lipinski definition) is 1. The van der Waals surface area contributed by atoms with Gasteiger partial charge in [-0.2, -0.15) is 0 Å². The summed E-state index contributed by atoms with van der Waals surface area (Å²) in [5.41, 5.74) is 1.91. The highest BCUT2D eigenvalue weighted by Crippen LogP contribution is 2.12. The molecule has 3 nitrogen and oxygen atoms in total. The van der Waals surface area contributed by atoms with Crippen molar-refractivity contribution in [2.45, 2.75) is 16.8 Å². The van der Waals surface area contributed by atoms with Crippen molar-refractivity contribution in [3.8, 4) is 0 Å². The van der Waals surface area contributed by atoms with E-state index in [-0.39, 0.29) is 11.4 Å². The molecule has 0 radical (unpaired) electrons. The molecule has 6 heteroatoms. The quantitative estimate of drug-likeness (QED) is 0.835. The van der Waals surface area contributed by atoms with Crippen molar-refractivity contribution >= 4 is 26.0 Å². The molecular formula is C14H13BrFNO2S. The van der Waals surface area contributed by atoms with Gasteiger partial charge in [-0.05, 0) is 29.3 Å². The van der Waals surface area contributed by atoms with Crippen LogP contribution in [0.5, 0.6) is 0 Å². The number of rotatable bonds is 5. The molecule has 0 saturated heterocycles. The van der Waals surface area contributed by atoms with Gasteiger partial charge in [0.05, 0.1) is 4.90 Å². The van der Waals surface area contributed by atoms with Crippen LogP contribution in [0, 0.1) is 5.82 Å². The van der Waals surface area contributed by atoms with E-state index in [1.165, 1.54) is 18.2 Å². The van der Waals surface area contributed by atoms with Gasteiger partial charge < -0.3 is 0 Å². The van der Waals surface area contributed by atoms with Gasteiger partial charge in [0.25, 0.3) is 0 Å². The van der Waals surface area contributed by atoms with E-state index in [2.05, 4.69) is 20.7 Å². The zero-order valence-electron chi connectivity index (χ0n) is 10.5. The smallest absolute Gasteiger partial charge is 0.207 e. The van der Waals surface area contributed by atoms with Crippen LogP contribution in [0.3, 0.4) is 0 Å². The van der Waals surface area contributed by atoms with Gasteiger partial charge in [-0.25, -0.2) is 17.5 Å². The van der Waals surface area contributed by atoms with Gasteiger partial charge in [-0.1, -0.05) is 46.3 Å². The summed E-state index contributed by atoms with van der Waals surface area (Å²) in [6, 6.07) is 12.5. The molecular weight excluding hydrogens is 345 g/mol. The van der Waals surface area contributed by atoms with Gasteiger partial charge in [0.1, 0.15) is 5.82 Å². The van der Waals surface area contributed by atoms with Gasteiger partial charge in [-0.15, -0.1) is 0 Å². The molecule has 1 N–H and O–H groups in total. The second-order valence-corrected chi connectivity index (χ2v) is 6.56. The third kappa shape index (κ3) is 3.88. The summed E-state index contributed by atoms with van der Waals surface area (Å²) in [5, 5.41) is 0.706. The molecule has 20 heavy (non-hydrogen) atoms. The fraction of sp³-hybridized carbons (Fsp3) is 0.143. The van der Waals surface area contributed by atoms with Gasteiger partial charge in [0, 0.05) is 11.9 Å². The zero-order valence-corrected chi connectivity index (χ0v) is 12.9. The third-order valence-electron chi connectivity index (χ3n) is 2.72. The van der Waals surface area contributed by atoms with E-state index >= 15 is 0 Å². The maximum atomic E-state index is 13.1. The van der Waals surface area contributed by atoms with Crippen LogP contribution in [0.2, 0.25) is 0 Å². The first kappa shape index (κ1) is 15.2. The largest absolute Gasteiger partial charge is 0.240 e. The molecule has 2 aromatic carbocycles. The zero-order chi connectivity index (χ0) is 14.6. The van der Waals surface area contributed by atoms with E-state index in [1.807, 2.05) is 24.3 Å². The first-order chi connectivity index (χ1) is 9.51. The number of sulfonamides is 1. The van der Waals surface area contributed by atoms with Crippen LogP contribution in [0.15, 0.2) is 53.4 Å². The van der Waals surface area contributed by atoms with Gasteiger partial charge in [-0.3, -0.25) is 0 Å². The average Bonchev–Trinajstić information content (AvgIpc) is 2.45. The molecule has 0 aromatic heterocycles. The lowest BCUT2D eigenvalue weighted by atomic mass is 10.1. The summed E-state index contributed by atoms with van der Waals surface area (Å²) in [6.45, 7) is 0.166. The molecule has 0 heterocycles. The highest BCUT2D eigenvalue weighted by molar-refractivity contribution is 9.08. The second kappa shape index (κ2) is 6.47. The highest BCUT2D eigenvalue weighted by Gasteiger charge is 2.14.